The van der Waals surface area contributed by atoms with Crippen molar-refractivity contribution >= 4 is 50.5 Å². The fourth-order valence-electron chi connectivity index (χ4n) is 4.37. The smallest absolute Gasteiger partial charge is 0.259 e. The Balaban J connectivity index is 1.75. The molecule has 5 rings (SSSR count). The third-order valence-electron chi connectivity index (χ3n) is 5.79. The number of imide groups is 1. The maximum atomic E-state index is 13.0. The number of aromatic amines is 1. The average molecular weight is 413 g/mol. The quantitative estimate of drug-likeness (QED) is 0.222. The predicted molar refractivity (Wildman–Crippen MR) is 123 cm³/mol. The van der Waals surface area contributed by atoms with Crippen LogP contribution >= 0.6 is 0 Å². The van der Waals surface area contributed by atoms with Crippen molar-refractivity contribution < 1.29 is 9.59 Å². The third-order valence-corrected chi connectivity index (χ3v) is 5.79. The van der Waals surface area contributed by atoms with Gasteiger partial charge in [-0.1, -0.05) is 24.3 Å². The number of H-pyrrole nitrogens is 1. The number of aromatic nitrogens is 2. The van der Waals surface area contributed by atoms with Crippen LogP contribution in [0.1, 0.15) is 17.5 Å². The van der Waals surface area contributed by atoms with Crippen LogP contribution in [0.15, 0.2) is 54.9 Å². The number of aryl methyl sites for hydroxylation is 1. The zero-order chi connectivity index (χ0) is 21.5. The minimum Gasteiger partial charge on any atom is -0.399 e. The summed E-state index contributed by atoms with van der Waals surface area (Å²) in [5.41, 5.74) is 10.8. The van der Waals surface area contributed by atoms with E-state index in [4.69, 9.17) is 5.73 Å². The van der Waals surface area contributed by atoms with Crippen LogP contribution in [0.4, 0.5) is 5.69 Å². The lowest BCUT2D eigenvalue weighted by Gasteiger charge is -2.05. The van der Waals surface area contributed by atoms with Gasteiger partial charge in [0.15, 0.2) is 0 Å². The van der Waals surface area contributed by atoms with E-state index in [1.165, 1.54) is 0 Å². The number of para-hydroxylation sites is 1. The second kappa shape index (κ2) is 7.45. The molecule has 7 nitrogen and oxygen atoms in total. The molecule has 2 amide bonds. The van der Waals surface area contributed by atoms with Crippen molar-refractivity contribution in [1.29, 1.82) is 0 Å². The first-order valence-corrected chi connectivity index (χ1v) is 10.3. The van der Waals surface area contributed by atoms with E-state index in [0.717, 1.165) is 52.4 Å². The van der Waals surface area contributed by atoms with Gasteiger partial charge in [-0.05, 0) is 38.2 Å². The highest BCUT2D eigenvalue weighted by Crippen LogP contribution is 2.38. The van der Waals surface area contributed by atoms with Crippen molar-refractivity contribution in [3.05, 3.63) is 66.0 Å². The summed E-state index contributed by atoms with van der Waals surface area (Å²) >= 11 is 0. The highest BCUT2D eigenvalue weighted by atomic mass is 16.2. The summed E-state index contributed by atoms with van der Waals surface area (Å²) in [5, 5.41) is 7.45. The molecule has 0 aliphatic carbocycles. The molecule has 1 aliphatic rings. The normalized spacial score (nSPS) is 14.2. The van der Waals surface area contributed by atoms with Crippen molar-refractivity contribution in [2.24, 2.45) is 0 Å². The lowest BCUT2D eigenvalue weighted by Crippen LogP contribution is -2.22. The molecule has 156 valence electrons. The van der Waals surface area contributed by atoms with Crippen molar-refractivity contribution in [3.8, 4) is 0 Å². The molecule has 0 fully saturated rings. The molecule has 4 aromatic rings. The first-order chi connectivity index (χ1) is 15.1. The van der Waals surface area contributed by atoms with Gasteiger partial charge in [0.05, 0.1) is 16.7 Å². The first-order valence-electron chi connectivity index (χ1n) is 10.3. The summed E-state index contributed by atoms with van der Waals surface area (Å²) in [4.78, 5) is 29.0. The molecule has 2 aromatic heterocycles. The molecular weight excluding hydrogens is 390 g/mol. The second-order valence-electron chi connectivity index (χ2n) is 7.75. The Morgan fingerprint density at radius 2 is 1.77 bits per heavy atom. The standard InChI is InChI=1S/C24H23N5O2/c1-26-9-4-10-29-13-18(16-8-7-14(25)11-20(16)29)22-21(23(30)28-24(22)31)17-12-27-19-6-3-2-5-15(17)19/h2-3,5-8,11-13,26-27H,4,9-10,25H2,1H3,(H,28,30,31). The lowest BCUT2D eigenvalue weighted by molar-refractivity contribution is -0.122. The molecule has 0 spiro atoms. The highest BCUT2D eigenvalue weighted by molar-refractivity contribution is 6.50. The van der Waals surface area contributed by atoms with E-state index in [2.05, 4.69) is 20.2 Å². The zero-order valence-corrected chi connectivity index (χ0v) is 17.2. The summed E-state index contributed by atoms with van der Waals surface area (Å²) in [5.74, 6) is -0.757. The Morgan fingerprint density at radius 1 is 1.00 bits per heavy atom. The Hall–Kier alpha value is -3.84. The number of hydrogen-bond donors (Lipinski definition) is 4. The Bertz CT molecular complexity index is 1380. The maximum absolute atomic E-state index is 13.0. The van der Waals surface area contributed by atoms with E-state index in [1.54, 1.807) is 6.20 Å². The molecule has 2 aromatic carbocycles. The molecule has 5 N–H and O–H groups in total. The number of nitrogen functional groups attached to an aromatic ring is 1. The van der Waals surface area contributed by atoms with Gasteiger partial charge in [-0.3, -0.25) is 14.9 Å². The van der Waals surface area contributed by atoms with Gasteiger partial charge in [-0.2, -0.15) is 0 Å². The molecule has 0 saturated carbocycles. The number of nitrogens with two attached hydrogens (primary N) is 1. The Morgan fingerprint density at radius 3 is 2.58 bits per heavy atom. The van der Waals surface area contributed by atoms with Crippen LogP contribution in [-0.4, -0.2) is 35.0 Å². The lowest BCUT2D eigenvalue weighted by atomic mass is 9.95. The number of nitrogens with zero attached hydrogens (tertiary/aromatic N) is 1. The van der Waals surface area contributed by atoms with E-state index in [9.17, 15) is 9.59 Å². The van der Waals surface area contributed by atoms with E-state index < -0.39 is 0 Å². The van der Waals surface area contributed by atoms with Crippen molar-refractivity contribution in [1.82, 2.24) is 20.2 Å². The summed E-state index contributed by atoms with van der Waals surface area (Å²) in [6.07, 6.45) is 4.68. The number of carbonyl (C=O) groups excluding carboxylic acids is 2. The highest BCUT2D eigenvalue weighted by Gasteiger charge is 2.35. The molecule has 0 atom stereocenters. The summed E-state index contributed by atoms with van der Waals surface area (Å²) in [6.45, 7) is 1.64. The van der Waals surface area contributed by atoms with Crippen LogP contribution < -0.4 is 16.4 Å². The van der Waals surface area contributed by atoms with Gasteiger partial charge in [-0.15, -0.1) is 0 Å². The summed E-state index contributed by atoms with van der Waals surface area (Å²) in [7, 11) is 1.92. The van der Waals surface area contributed by atoms with E-state index in [1.807, 2.05) is 55.7 Å². The summed E-state index contributed by atoms with van der Waals surface area (Å²) in [6, 6.07) is 13.4. The number of carbonyl (C=O) groups is 2. The van der Waals surface area contributed by atoms with Crippen LogP contribution in [-0.2, 0) is 16.1 Å². The number of nitrogens with one attached hydrogen (secondary N) is 3. The topological polar surface area (TPSA) is 105 Å². The SMILES string of the molecule is CNCCCn1cc(C2=C(c3c[nH]c4ccccc34)C(=O)NC2=O)c2ccc(N)cc21. The predicted octanol–water partition coefficient (Wildman–Crippen LogP) is 2.88. The largest absolute Gasteiger partial charge is 0.399 e. The molecule has 0 unspecified atom stereocenters. The number of amides is 2. The molecule has 0 radical (unpaired) electrons. The van der Waals surface area contributed by atoms with Crippen LogP contribution in [0.2, 0.25) is 0 Å². The Kier molecular flexibility index (Phi) is 4.60. The fraction of sp³-hybridized carbons (Fsp3) is 0.167. The minimum absolute atomic E-state index is 0.378. The molecule has 31 heavy (non-hydrogen) atoms. The number of rotatable bonds is 6. The van der Waals surface area contributed by atoms with Crippen molar-refractivity contribution in [2.75, 3.05) is 19.3 Å². The first kappa shape index (κ1) is 19.1. The molecule has 0 saturated heterocycles. The number of anilines is 1. The van der Waals surface area contributed by atoms with Crippen molar-refractivity contribution in [2.45, 2.75) is 13.0 Å². The number of benzene rings is 2. The van der Waals surface area contributed by atoms with Gasteiger partial charge >= 0.3 is 0 Å². The van der Waals surface area contributed by atoms with Crippen LogP contribution in [0.3, 0.4) is 0 Å². The van der Waals surface area contributed by atoms with Gasteiger partial charge in [0.1, 0.15) is 0 Å². The molecule has 7 heteroatoms. The maximum Gasteiger partial charge on any atom is 0.259 e. The van der Waals surface area contributed by atoms with E-state index >= 15 is 0 Å². The van der Waals surface area contributed by atoms with E-state index in [0.29, 0.717) is 16.8 Å². The van der Waals surface area contributed by atoms with Crippen molar-refractivity contribution in [3.63, 3.8) is 0 Å². The number of fused-ring (bicyclic) bond motifs is 2. The van der Waals surface area contributed by atoms with Gasteiger partial charge in [0.2, 0.25) is 0 Å². The molecular formula is C24H23N5O2. The fourth-order valence-corrected chi connectivity index (χ4v) is 4.37. The third kappa shape index (κ3) is 3.10. The van der Waals surface area contributed by atoms with Gasteiger partial charge in [-0.25, -0.2) is 0 Å². The average Bonchev–Trinajstić information content (AvgIpc) is 3.41. The molecule has 0 bridgehead atoms. The number of hydrogen-bond acceptors (Lipinski definition) is 4. The Labute approximate surface area is 178 Å². The van der Waals surface area contributed by atoms with E-state index in [-0.39, 0.29) is 11.8 Å². The van der Waals surface area contributed by atoms with Gasteiger partial charge in [0.25, 0.3) is 11.8 Å². The monoisotopic (exact) mass is 413 g/mol. The van der Waals surface area contributed by atoms with Crippen LogP contribution in [0, 0.1) is 0 Å². The molecule has 1 aliphatic heterocycles. The van der Waals surface area contributed by atoms with Crippen LogP contribution in [0.5, 0.6) is 0 Å². The second-order valence-corrected chi connectivity index (χ2v) is 7.75. The summed E-state index contributed by atoms with van der Waals surface area (Å²) < 4.78 is 2.11. The molecule has 3 heterocycles. The van der Waals surface area contributed by atoms with Crippen LogP contribution in [0.25, 0.3) is 33.0 Å². The van der Waals surface area contributed by atoms with Gasteiger partial charge in [0, 0.05) is 52.0 Å². The minimum atomic E-state index is -0.378. The van der Waals surface area contributed by atoms with Gasteiger partial charge < -0.3 is 20.6 Å². The zero-order valence-electron chi connectivity index (χ0n) is 17.2.